The van der Waals surface area contributed by atoms with Gasteiger partial charge in [0, 0.05) is 5.33 Å². The van der Waals surface area contributed by atoms with E-state index in [9.17, 15) is 0 Å². The fraction of sp³-hybridized carbons (Fsp3) is 0.0400. The number of alkyl halides is 1. The Morgan fingerprint density at radius 1 is 0.462 bits per heavy atom. The van der Waals surface area contributed by atoms with Crippen LogP contribution in [0.3, 0.4) is 0 Å². The van der Waals surface area contributed by atoms with Gasteiger partial charge in [0.15, 0.2) is 0 Å². The average Bonchev–Trinajstić information content (AvgIpc) is 2.74. The molecule has 0 spiro atoms. The number of hydrogen-bond acceptors (Lipinski definition) is 0. The van der Waals surface area contributed by atoms with Crippen molar-refractivity contribution < 1.29 is 0 Å². The summed E-state index contributed by atoms with van der Waals surface area (Å²) in [5, 5.41) is 0.826. The third-order valence-electron chi connectivity index (χ3n) is 4.65. The molecule has 0 atom stereocenters. The molecule has 0 aliphatic carbocycles. The van der Waals surface area contributed by atoms with Crippen LogP contribution in [0.25, 0.3) is 33.4 Å². The molecule has 126 valence electrons. The lowest BCUT2D eigenvalue weighted by atomic mass is 9.85. The van der Waals surface area contributed by atoms with E-state index in [0.29, 0.717) is 0 Å². The highest BCUT2D eigenvalue weighted by atomic mass is 79.9. The van der Waals surface area contributed by atoms with Crippen LogP contribution in [-0.2, 0) is 5.33 Å². The van der Waals surface area contributed by atoms with Crippen molar-refractivity contribution in [3.05, 3.63) is 109 Å². The van der Waals surface area contributed by atoms with Gasteiger partial charge in [-0.25, -0.2) is 0 Å². The molecule has 0 bridgehead atoms. The van der Waals surface area contributed by atoms with Crippen LogP contribution in [0.1, 0.15) is 5.56 Å². The van der Waals surface area contributed by atoms with Crippen LogP contribution in [-0.4, -0.2) is 0 Å². The minimum absolute atomic E-state index is 0.826. The smallest absolute Gasteiger partial charge is 0.0289 e. The van der Waals surface area contributed by atoms with Gasteiger partial charge >= 0.3 is 0 Å². The summed E-state index contributed by atoms with van der Waals surface area (Å²) in [6.45, 7) is 0. The second-order valence-corrected chi connectivity index (χ2v) is 6.81. The third kappa shape index (κ3) is 3.23. The van der Waals surface area contributed by atoms with Gasteiger partial charge in [0.1, 0.15) is 0 Å². The summed E-state index contributed by atoms with van der Waals surface area (Å²) in [5.74, 6) is 0. The second kappa shape index (κ2) is 7.72. The molecule has 0 nitrogen and oxygen atoms in total. The summed E-state index contributed by atoms with van der Waals surface area (Å²) in [5.41, 5.74) is 8.89. The molecule has 0 aliphatic heterocycles. The van der Waals surface area contributed by atoms with Crippen LogP contribution >= 0.6 is 15.9 Å². The van der Waals surface area contributed by atoms with Crippen LogP contribution in [0.2, 0.25) is 0 Å². The fourth-order valence-electron chi connectivity index (χ4n) is 3.45. The molecule has 0 saturated carbocycles. The largest absolute Gasteiger partial charge is 0.0876 e. The van der Waals surface area contributed by atoms with Crippen LogP contribution in [0.4, 0.5) is 0 Å². The van der Waals surface area contributed by atoms with Crippen molar-refractivity contribution in [2.24, 2.45) is 0 Å². The van der Waals surface area contributed by atoms with Crippen molar-refractivity contribution in [1.29, 1.82) is 0 Å². The summed E-state index contributed by atoms with van der Waals surface area (Å²) in [6, 6.07) is 36.5. The summed E-state index contributed by atoms with van der Waals surface area (Å²) in [6.07, 6.45) is 0. The minimum Gasteiger partial charge on any atom is -0.0876 e. The van der Waals surface area contributed by atoms with Crippen molar-refractivity contribution in [2.45, 2.75) is 5.33 Å². The Bertz CT molecular complexity index is 990. The molecule has 0 saturated heterocycles. The predicted octanol–water partition coefficient (Wildman–Crippen LogP) is 7.58. The Balaban J connectivity index is 2.09. The van der Waals surface area contributed by atoms with Gasteiger partial charge in [-0.2, -0.15) is 0 Å². The first-order valence-electron chi connectivity index (χ1n) is 8.76. The Labute approximate surface area is 163 Å². The molecule has 1 heteroatoms. The summed E-state index contributed by atoms with van der Waals surface area (Å²) in [7, 11) is 0. The highest BCUT2D eigenvalue weighted by molar-refractivity contribution is 9.08. The zero-order valence-corrected chi connectivity index (χ0v) is 16.0. The van der Waals surface area contributed by atoms with E-state index in [1.165, 1.54) is 38.9 Å². The Hall–Kier alpha value is -2.64. The molecule has 0 aromatic heterocycles. The quantitative estimate of drug-likeness (QED) is 0.310. The van der Waals surface area contributed by atoms with Crippen molar-refractivity contribution >= 4 is 15.9 Å². The number of benzene rings is 4. The molecule has 0 radical (unpaired) electrons. The van der Waals surface area contributed by atoms with Gasteiger partial charge in [0.2, 0.25) is 0 Å². The maximum atomic E-state index is 3.69. The molecule has 0 unspecified atom stereocenters. The lowest BCUT2D eigenvalue weighted by molar-refractivity contribution is 1.42. The standard InChI is InChI=1S/C25H19Br/c26-18-22-16-17-23(19-10-4-1-5-11-19)25(21-14-8-3-9-15-21)24(22)20-12-6-2-7-13-20/h1-17H,18H2. The van der Waals surface area contributed by atoms with Gasteiger partial charge in [-0.1, -0.05) is 119 Å². The van der Waals surface area contributed by atoms with Gasteiger partial charge in [-0.05, 0) is 38.9 Å². The molecule has 0 N–H and O–H groups in total. The van der Waals surface area contributed by atoms with E-state index in [2.05, 4.69) is 119 Å². The molecule has 0 fully saturated rings. The highest BCUT2D eigenvalue weighted by Gasteiger charge is 2.17. The first-order chi connectivity index (χ1) is 12.9. The van der Waals surface area contributed by atoms with E-state index in [0.717, 1.165) is 5.33 Å². The van der Waals surface area contributed by atoms with Crippen LogP contribution in [0.15, 0.2) is 103 Å². The predicted molar refractivity (Wildman–Crippen MR) is 115 cm³/mol. The Kier molecular flexibility index (Phi) is 4.99. The van der Waals surface area contributed by atoms with Gasteiger partial charge in [0.05, 0.1) is 0 Å². The molecular formula is C25H19Br. The van der Waals surface area contributed by atoms with Crippen molar-refractivity contribution in [3.8, 4) is 33.4 Å². The van der Waals surface area contributed by atoms with Gasteiger partial charge in [0.25, 0.3) is 0 Å². The van der Waals surface area contributed by atoms with E-state index in [1.54, 1.807) is 0 Å². The zero-order chi connectivity index (χ0) is 17.8. The SMILES string of the molecule is BrCc1ccc(-c2ccccc2)c(-c2ccccc2)c1-c1ccccc1. The van der Waals surface area contributed by atoms with E-state index < -0.39 is 0 Å². The van der Waals surface area contributed by atoms with Crippen molar-refractivity contribution in [3.63, 3.8) is 0 Å². The maximum Gasteiger partial charge on any atom is 0.0289 e. The lowest BCUT2D eigenvalue weighted by Crippen LogP contribution is -1.95. The first-order valence-corrected chi connectivity index (χ1v) is 9.89. The molecular weight excluding hydrogens is 380 g/mol. The lowest BCUT2D eigenvalue weighted by Gasteiger charge is -2.19. The Morgan fingerprint density at radius 2 is 0.923 bits per heavy atom. The van der Waals surface area contributed by atoms with Crippen molar-refractivity contribution in [1.82, 2.24) is 0 Å². The van der Waals surface area contributed by atoms with E-state index in [4.69, 9.17) is 0 Å². The van der Waals surface area contributed by atoms with Gasteiger partial charge in [-0.3, -0.25) is 0 Å². The molecule has 4 aromatic rings. The summed E-state index contributed by atoms with van der Waals surface area (Å²) in [4.78, 5) is 0. The number of hydrogen-bond donors (Lipinski definition) is 0. The minimum atomic E-state index is 0.826. The maximum absolute atomic E-state index is 3.69. The van der Waals surface area contributed by atoms with E-state index in [1.807, 2.05) is 0 Å². The Morgan fingerprint density at radius 3 is 1.42 bits per heavy atom. The van der Waals surface area contributed by atoms with Gasteiger partial charge < -0.3 is 0 Å². The first kappa shape index (κ1) is 16.8. The number of rotatable bonds is 4. The molecule has 26 heavy (non-hydrogen) atoms. The summed E-state index contributed by atoms with van der Waals surface area (Å²) < 4.78 is 0. The summed E-state index contributed by atoms with van der Waals surface area (Å²) >= 11 is 3.69. The van der Waals surface area contributed by atoms with Crippen LogP contribution < -0.4 is 0 Å². The topological polar surface area (TPSA) is 0 Å². The fourth-order valence-corrected chi connectivity index (χ4v) is 3.92. The monoisotopic (exact) mass is 398 g/mol. The molecule has 4 aromatic carbocycles. The average molecular weight is 399 g/mol. The normalized spacial score (nSPS) is 10.7. The molecule has 0 aliphatic rings. The van der Waals surface area contributed by atoms with E-state index >= 15 is 0 Å². The third-order valence-corrected chi connectivity index (χ3v) is 5.25. The highest BCUT2D eigenvalue weighted by Crippen LogP contribution is 2.42. The molecule has 0 amide bonds. The second-order valence-electron chi connectivity index (χ2n) is 6.25. The number of halogens is 1. The van der Waals surface area contributed by atoms with Crippen LogP contribution in [0, 0.1) is 0 Å². The van der Waals surface area contributed by atoms with Gasteiger partial charge in [-0.15, -0.1) is 0 Å². The van der Waals surface area contributed by atoms with Crippen molar-refractivity contribution in [2.75, 3.05) is 0 Å². The molecule has 0 heterocycles. The van der Waals surface area contributed by atoms with E-state index in [-0.39, 0.29) is 0 Å². The van der Waals surface area contributed by atoms with Crippen LogP contribution in [0.5, 0.6) is 0 Å². The molecule has 4 rings (SSSR count). The zero-order valence-electron chi connectivity index (χ0n) is 14.4.